The molecule has 3 rings (SSSR count). The van der Waals surface area contributed by atoms with Crippen LogP contribution in [0.1, 0.15) is 35.8 Å². The summed E-state index contributed by atoms with van der Waals surface area (Å²) in [6, 6.07) is 12.5. The summed E-state index contributed by atoms with van der Waals surface area (Å²) in [6.45, 7) is 4.09. The molecule has 0 spiro atoms. The summed E-state index contributed by atoms with van der Waals surface area (Å²) < 4.78 is 5.94. The van der Waals surface area contributed by atoms with Crippen LogP contribution in [0.25, 0.3) is 0 Å². The minimum absolute atomic E-state index is 0.0110. The molecule has 2 aromatic rings. The summed E-state index contributed by atoms with van der Waals surface area (Å²) in [5.41, 5.74) is 2.01. The molecule has 2 heterocycles. The molecule has 1 aliphatic rings. The summed E-state index contributed by atoms with van der Waals surface area (Å²) in [4.78, 5) is 30.6. The molecule has 1 aromatic heterocycles. The first-order valence-corrected chi connectivity index (χ1v) is 9.61. The summed E-state index contributed by atoms with van der Waals surface area (Å²) in [6.07, 6.45) is 3.54. The average Bonchev–Trinajstić information content (AvgIpc) is 2.73. The third-order valence-electron chi connectivity index (χ3n) is 4.57. The first kappa shape index (κ1) is 19.8. The maximum Gasteiger partial charge on any atom is 0.321 e. The average molecular weight is 382 g/mol. The Bertz CT molecular complexity index is 797. The number of hydrogen-bond donors (Lipinski definition) is 2. The molecule has 0 saturated carbocycles. The predicted octanol–water partition coefficient (Wildman–Crippen LogP) is 3.04. The van der Waals surface area contributed by atoms with Gasteiger partial charge in [-0.25, -0.2) is 4.79 Å². The topological polar surface area (TPSA) is 83.6 Å². The van der Waals surface area contributed by atoms with Crippen molar-refractivity contribution in [3.63, 3.8) is 0 Å². The Kier molecular flexibility index (Phi) is 6.97. The van der Waals surface area contributed by atoms with E-state index in [0.717, 1.165) is 18.5 Å². The predicted molar refractivity (Wildman–Crippen MR) is 107 cm³/mol. The Morgan fingerprint density at radius 3 is 2.93 bits per heavy atom. The highest BCUT2D eigenvalue weighted by atomic mass is 16.5. The van der Waals surface area contributed by atoms with Crippen molar-refractivity contribution in [2.75, 3.05) is 25.0 Å². The molecule has 2 N–H and O–H groups in total. The van der Waals surface area contributed by atoms with Crippen LogP contribution in [0, 0.1) is 0 Å². The molecular formula is C21H26N4O3. The lowest BCUT2D eigenvalue weighted by molar-refractivity contribution is -0.000325. The number of carbonyl (C=O) groups is 2. The van der Waals surface area contributed by atoms with Gasteiger partial charge in [-0.3, -0.25) is 9.78 Å². The SMILES string of the molecule is CCNC(=O)c1cccc(NC(=O)N2CCCC(OCc3ccccn3)C2)c1. The Hall–Kier alpha value is -2.93. The molecule has 3 amide bonds. The standard InChI is InChI=1S/C21H26N4O3/c1-2-22-20(26)16-7-5-9-17(13-16)24-21(27)25-12-6-10-19(14-25)28-15-18-8-3-4-11-23-18/h3-5,7-9,11,13,19H,2,6,10,12,14-15H2,1H3,(H,22,26)(H,24,27). The van der Waals surface area contributed by atoms with Crippen molar-refractivity contribution in [2.45, 2.75) is 32.5 Å². The Morgan fingerprint density at radius 1 is 1.25 bits per heavy atom. The van der Waals surface area contributed by atoms with Crippen LogP contribution in [0.5, 0.6) is 0 Å². The zero-order chi connectivity index (χ0) is 19.8. The van der Waals surface area contributed by atoms with Gasteiger partial charge in [-0.05, 0) is 50.1 Å². The van der Waals surface area contributed by atoms with Crippen molar-refractivity contribution in [1.29, 1.82) is 0 Å². The van der Waals surface area contributed by atoms with Gasteiger partial charge in [0.05, 0.1) is 18.4 Å². The van der Waals surface area contributed by atoms with E-state index >= 15 is 0 Å². The fourth-order valence-corrected chi connectivity index (χ4v) is 3.15. The van der Waals surface area contributed by atoms with Gasteiger partial charge in [-0.1, -0.05) is 12.1 Å². The molecule has 1 aliphatic heterocycles. The van der Waals surface area contributed by atoms with Crippen LogP contribution >= 0.6 is 0 Å². The van der Waals surface area contributed by atoms with E-state index in [0.29, 0.717) is 37.5 Å². The fourth-order valence-electron chi connectivity index (χ4n) is 3.15. The van der Waals surface area contributed by atoms with Gasteiger partial charge < -0.3 is 20.3 Å². The molecule has 7 heteroatoms. The third kappa shape index (κ3) is 5.53. The van der Waals surface area contributed by atoms with Gasteiger partial charge in [0.25, 0.3) is 5.91 Å². The van der Waals surface area contributed by atoms with Crippen LogP contribution < -0.4 is 10.6 Å². The number of nitrogens with one attached hydrogen (secondary N) is 2. The van der Waals surface area contributed by atoms with Crippen LogP contribution in [-0.2, 0) is 11.3 Å². The normalized spacial score (nSPS) is 16.5. The number of aromatic nitrogens is 1. The number of pyridine rings is 1. The van der Waals surface area contributed by atoms with E-state index in [9.17, 15) is 9.59 Å². The number of nitrogens with zero attached hydrogens (tertiary/aromatic N) is 2. The number of hydrogen-bond acceptors (Lipinski definition) is 4. The lowest BCUT2D eigenvalue weighted by Crippen LogP contribution is -2.45. The molecule has 1 unspecified atom stereocenters. The van der Waals surface area contributed by atoms with E-state index in [4.69, 9.17) is 4.74 Å². The van der Waals surface area contributed by atoms with E-state index in [-0.39, 0.29) is 18.0 Å². The number of ether oxygens (including phenoxy) is 1. The molecule has 0 radical (unpaired) electrons. The molecule has 0 aliphatic carbocycles. The maximum absolute atomic E-state index is 12.6. The summed E-state index contributed by atoms with van der Waals surface area (Å²) in [7, 11) is 0. The van der Waals surface area contributed by atoms with E-state index in [1.165, 1.54) is 0 Å². The van der Waals surface area contributed by atoms with Gasteiger partial charge in [-0.15, -0.1) is 0 Å². The number of urea groups is 1. The molecular weight excluding hydrogens is 356 g/mol. The van der Waals surface area contributed by atoms with E-state index in [1.807, 2.05) is 25.1 Å². The third-order valence-corrected chi connectivity index (χ3v) is 4.57. The molecule has 0 bridgehead atoms. The zero-order valence-corrected chi connectivity index (χ0v) is 16.1. The smallest absolute Gasteiger partial charge is 0.321 e. The van der Waals surface area contributed by atoms with E-state index < -0.39 is 0 Å². The first-order chi connectivity index (χ1) is 13.7. The molecule has 1 fully saturated rings. The van der Waals surface area contributed by atoms with Gasteiger partial charge in [0, 0.05) is 37.1 Å². The number of carbonyl (C=O) groups excluding carboxylic acids is 2. The minimum atomic E-state index is -0.181. The van der Waals surface area contributed by atoms with Crippen molar-refractivity contribution in [1.82, 2.24) is 15.2 Å². The van der Waals surface area contributed by atoms with Crippen LogP contribution in [0.4, 0.5) is 10.5 Å². The van der Waals surface area contributed by atoms with Crippen molar-refractivity contribution in [3.8, 4) is 0 Å². The second kappa shape index (κ2) is 9.85. The molecule has 7 nitrogen and oxygen atoms in total. The van der Waals surface area contributed by atoms with Gasteiger partial charge >= 0.3 is 6.03 Å². The Morgan fingerprint density at radius 2 is 2.14 bits per heavy atom. The number of piperidine rings is 1. The Labute approximate surface area is 165 Å². The van der Waals surface area contributed by atoms with Crippen LogP contribution in [0.15, 0.2) is 48.7 Å². The molecule has 1 aromatic carbocycles. The summed E-state index contributed by atoms with van der Waals surface area (Å²) in [5, 5.41) is 5.64. The number of amides is 3. The second-order valence-electron chi connectivity index (χ2n) is 6.71. The van der Waals surface area contributed by atoms with Gasteiger partial charge in [0.15, 0.2) is 0 Å². The summed E-state index contributed by atoms with van der Waals surface area (Å²) >= 11 is 0. The molecule has 1 saturated heterocycles. The second-order valence-corrected chi connectivity index (χ2v) is 6.71. The lowest BCUT2D eigenvalue weighted by atomic mass is 10.1. The Balaban J connectivity index is 1.54. The van der Waals surface area contributed by atoms with Crippen molar-refractivity contribution in [3.05, 3.63) is 59.9 Å². The van der Waals surface area contributed by atoms with Gasteiger partial charge in [0.2, 0.25) is 0 Å². The largest absolute Gasteiger partial charge is 0.370 e. The van der Waals surface area contributed by atoms with E-state index in [1.54, 1.807) is 35.4 Å². The van der Waals surface area contributed by atoms with Crippen LogP contribution in [0.2, 0.25) is 0 Å². The molecule has 1 atom stereocenters. The van der Waals surface area contributed by atoms with Crippen molar-refractivity contribution >= 4 is 17.6 Å². The minimum Gasteiger partial charge on any atom is -0.370 e. The molecule has 28 heavy (non-hydrogen) atoms. The van der Waals surface area contributed by atoms with Crippen molar-refractivity contribution in [2.24, 2.45) is 0 Å². The van der Waals surface area contributed by atoms with Crippen molar-refractivity contribution < 1.29 is 14.3 Å². The quantitative estimate of drug-likeness (QED) is 0.804. The molecule has 148 valence electrons. The highest BCUT2D eigenvalue weighted by molar-refractivity contribution is 5.96. The van der Waals surface area contributed by atoms with Crippen LogP contribution in [-0.4, -0.2) is 47.6 Å². The van der Waals surface area contributed by atoms with Crippen LogP contribution in [0.3, 0.4) is 0 Å². The van der Waals surface area contributed by atoms with Gasteiger partial charge in [0.1, 0.15) is 0 Å². The number of anilines is 1. The maximum atomic E-state index is 12.6. The first-order valence-electron chi connectivity index (χ1n) is 9.61. The monoisotopic (exact) mass is 382 g/mol. The summed E-state index contributed by atoms with van der Waals surface area (Å²) in [5.74, 6) is -0.153. The van der Waals surface area contributed by atoms with Gasteiger partial charge in [-0.2, -0.15) is 0 Å². The highest BCUT2D eigenvalue weighted by Gasteiger charge is 2.24. The zero-order valence-electron chi connectivity index (χ0n) is 16.1. The fraction of sp³-hybridized carbons (Fsp3) is 0.381. The van der Waals surface area contributed by atoms with E-state index in [2.05, 4.69) is 15.6 Å². The number of likely N-dealkylation sites (tertiary alicyclic amines) is 1. The number of benzene rings is 1. The lowest BCUT2D eigenvalue weighted by Gasteiger charge is -2.32. The number of rotatable bonds is 6. The highest BCUT2D eigenvalue weighted by Crippen LogP contribution is 2.17.